The smallest absolute Gasteiger partial charge is 0.397 e. The van der Waals surface area contributed by atoms with Gasteiger partial charge in [0, 0.05) is 13.1 Å². The topological polar surface area (TPSA) is 46.6 Å². The monoisotopic (exact) mass is 293 g/mol. The van der Waals surface area contributed by atoms with E-state index in [0.717, 1.165) is 24.8 Å². The normalized spacial score (nSPS) is 15.8. The predicted molar refractivity (Wildman–Crippen MR) is 76.0 cm³/mol. The van der Waals surface area contributed by atoms with Gasteiger partial charge < -0.3 is 9.64 Å². The minimum Gasteiger partial charge on any atom is -0.459 e. The van der Waals surface area contributed by atoms with Crippen LogP contribution in [0.5, 0.6) is 0 Å². The number of nitrogens with zero attached hydrogens (tertiary/aromatic N) is 1. The minimum atomic E-state index is -0.769. The maximum absolute atomic E-state index is 12.9. The highest BCUT2D eigenvalue weighted by Gasteiger charge is 2.27. The van der Waals surface area contributed by atoms with Crippen LogP contribution in [-0.4, -0.2) is 36.5 Å². The lowest BCUT2D eigenvalue weighted by atomic mass is 9.90. The van der Waals surface area contributed by atoms with Gasteiger partial charge in [-0.1, -0.05) is 12.1 Å². The van der Waals surface area contributed by atoms with Crippen molar-refractivity contribution in [3.05, 3.63) is 35.6 Å². The molecule has 1 aliphatic heterocycles. The molecule has 1 saturated heterocycles. The molecule has 0 aromatic heterocycles. The predicted octanol–water partition coefficient (Wildman–Crippen LogP) is 2.17. The molecule has 1 aromatic carbocycles. The van der Waals surface area contributed by atoms with Crippen molar-refractivity contribution in [3.8, 4) is 0 Å². The summed E-state index contributed by atoms with van der Waals surface area (Å²) in [5.41, 5.74) is 1.10. The molecule has 0 saturated carbocycles. The first-order valence-electron chi connectivity index (χ1n) is 7.30. The van der Waals surface area contributed by atoms with Crippen LogP contribution < -0.4 is 0 Å². The van der Waals surface area contributed by atoms with E-state index in [1.807, 2.05) is 0 Å². The van der Waals surface area contributed by atoms with E-state index in [-0.39, 0.29) is 12.4 Å². The number of halogens is 1. The van der Waals surface area contributed by atoms with Gasteiger partial charge >= 0.3 is 11.9 Å². The van der Waals surface area contributed by atoms with Crippen molar-refractivity contribution in [1.29, 1.82) is 0 Å². The summed E-state index contributed by atoms with van der Waals surface area (Å²) >= 11 is 0. The first kappa shape index (κ1) is 15.5. The Kier molecular flexibility index (Phi) is 5.31. The molecule has 2 rings (SSSR count). The van der Waals surface area contributed by atoms with E-state index in [9.17, 15) is 14.0 Å². The molecular weight excluding hydrogens is 273 g/mol. The first-order chi connectivity index (χ1) is 10.1. The van der Waals surface area contributed by atoms with Crippen LogP contribution in [0.25, 0.3) is 0 Å². The van der Waals surface area contributed by atoms with Crippen LogP contribution in [-0.2, 0) is 20.7 Å². The highest BCUT2D eigenvalue weighted by Crippen LogP contribution is 2.22. The van der Waals surface area contributed by atoms with Crippen molar-refractivity contribution in [2.24, 2.45) is 5.92 Å². The molecule has 21 heavy (non-hydrogen) atoms. The average molecular weight is 293 g/mol. The molecule has 0 atom stereocenters. The zero-order valence-corrected chi connectivity index (χ0v) is 12.2. The molecule has 1 aromatic rings. The maximum atomic E-state index is 12.9. The van der Waals surface area contributed by atoms with Crippen molar-refractivity contribution >= 4 is 11.9 Å². The summed E-state index contributed by atoms with van der Waals surface area (Å²) in [6, 6.07) is 6.53. The number of esters is 1. The highest BCUT2D eigenvalue weighted by molar-refractivity contribution is 6.32. The summed E-state index contributed by atoms with van der Waals surface area (Å²) < 4.78 is 17.6. The quantitative estimate of drug-likeness (QED) is 0.634. The zero-order valence-electron chi connectivity index (χ0n) is 12.2. The SMILES string of the molecule is CCOC(=O)C(=O)N1CCC(Cc2ccc(F)cc2)CC1. The second-order valence-electron chi connectivity index (χ2n) is 5.29. The number of hydrogen-bond donors (Lipinski definition) is 0. The van der Waals surface area contributed by atoms with Gasteiger partial charge in [0.25, 0.3) is 0 Å². The van der Waals surface area contributed by atoms with E-state index in [1.54, 1.807) is 24.0 Å². The van der Waals surface area contributed by atoms with Gasteiger partial charge in [0.05, 0.1) is 6.61 Å². The Labute approximate surface area is 123 Å². The molecule has 1 fully saturated rings. The maximum Gasteiger partial charge on any atom is 0.397 e. The fraction of sp³-hybridized carbons (Fsp3) is 0.500. The molecule has 1 heterocycles. The minimum absolute atomic E-state index is 0.214. The summed E-state index contributed by atoms with van der Waals surface area (Å²) in [6.07, 6.45) is 2.58. The third-order valence-corrected chi connectivity index (χ3v) is 3.79. The van der Waals surface area contributed by atoms with Gasteiger partial charge in [-0.15, -0.1) is 0 Å². The van der Waals surface area contributed by atoms with Crippen LogP contribution in [0.3, 0.4) is 0 Å². The summed E-state index contributed by atoms with van der Waals surface area (Å²) in [5, 5.41) is 0. The number of carbonyl (C=O) groups is 2. The largest absolute Gasteiger partial charge is 0.459 e. The number of rotatable bonds is 3. The molecular formula is C16H20FNO3. The van der Waals surface area contributed by atoms with Gasteiger partial charge in [-0.25, -0.2) is 9.18 Å². The third-order valence-electron chi connectivity index (χ3n) is 3.79. The van der Waals surface area contributed by atoms with Crippen LogP contribution in [0.2, 0.25) is 0 Å². The van der Waals surface area contributed by atoms with Gasteiger partial charge in [-0.05, 0) is 49.8 Å². The van der Waals surface area contributed by atoms with Gasteiger partial charge in [-0.3, -0.25) is 4.79 Å². The molecule has 0 spiro atoms. The molecule has 5 heteroatoms. The molecule has 1 amide bonds. The number of ether oxygens (including phenoxy) is 1. The molecule has 0 radical (unpaired) electrons. The molecule has 114 valence electrons. The number of hydrogen-bond acceptors (Lipinski definition) is 3. The van der Waals surface area contributed by atoms with Gasteiger partial charge in [-0.2, -0.15) is 0 Å². The summed E-state index contributed by atoms with van der Waals surface area (Å²) in [4.78, 5) is 24.8. The summed E-state index contributed by atoms with van der Waals surface area (Å²) in [5.74, 6) is -1.08. The fourth-order valence-corrected chi connectivity index (χ4v) is 2.62. The molecule has 0 unspecified atom stereocenters. The van der Waals surface area contributed by atoms with Gasteiger partial charge in [0.2, 0.25) is 0 Å². The number of likely N-dealkylation sites (tertiary alicyclic amines) is 1. The van der Waals surface area contributed by atoms with E-state index in [1.165, 1.54) is 12.1 Å². The summed E-state index contributed by atoms with van der Waals surface area (Å²) in [6.45, 7) is 3.04. The van der Waals surface area contributed by atoms with E-state index < -0.39 is 11.9 Å². The van der Waals surface area contributed by atoms with Crippen LogP contribution in [0.4, 0.5) is 4.39 Å². The Morgan fingerprint density at radius 1 is 1.24 bits per heavy atom. The Morgan fingerprint density at radius 2 is 1.86 bits per heavy atom. The second kappa shape index (κ2) is 7.20. The average Bonchev–Trinajstić information content (AvgIpc) is 2.50. The Hall–Kier alpha value is -1.91. The van der Waals surface area contributed by atoms with E-state index in [2.05, 4.69) is 0 Å². The number of benzene rings is 1. The van der Waals surface area contributed by atoms with Crippen LogP contribution in [0, 0.1) is 11.7 Å². The lowest BCUT2D eigenvalue weighted by Crippen LogP contribution is -2.43. The van der Waals surface area contributed by atoms with E-state index >= 15 is 0 Å². The fourth-order valence-electron chi connectivity index (χ4n) is 2.62. The molecule has 1 aliphatic rings. The molecule has 4 nitrogen and oxygen atoms in total. The van der Waals surface area contributed by atoms with Gasteiger partial charge in [0.15, 0.2) is 0 Å². The van der Waals surface area contributed by atoms with Crippen molar-refractivity contribution in [1.82, 2.24) is 4.90 Å². The second-order valence-corrected chi connectivity index (χ2v) is 5.29. The highest BCUT2D eigenvalue weighted by atomic mass is 19.1. The Bertz CT molecular complexity index is 493. The van der Waals surface area contributed by atoms with Crippen molar-refractivity contribution in [2.75, 3.05) is 19.7 Å². The Morgan fingerprint density at radius 3 is 2.43 bits per heavy atom. The van der Waals surface area contributed by atoms with Crippen LogP contribution in [0.1, 0.15) is 25.3 Å². The van der Waals surface area contributed by atoms with Crippen molar-refractivity contribution < 1.29 is 18.7 Å². The first-order valence-corrected chi connectivity index (χ1v) is 7.30. The van der Waals surface area contributed by atoms with E-state index in [4.69, 9.17) is 4.74 Å². The lowest BCUT2D eigenvalue weighted by Gasteiger charge is -2.31. The third kappa shape index (κ3) is 4.28. The summed E-state index contributed by atoms with van der Waals surface area (Å²) in [7, 11) is 0. The molecule has 0 aliphatic carbocycles. The number of piperidine rings is 1. The number of carbonyl (C=O) groups excluding carboxylic acids is 2. The van der Waals surface area contributed by atoms with Crippen LogP contribution >= 0.6 is 0 Å². The lowest BCUT2D eigenvalue weighted by molar-refractivity contribution is -0.160. The van der Waals surface area contributed by atoms with Crippen LogP contribution in [0.15, 0.2) is 24.3 Å². The number of amides is 1. The molecule has 0 N–H and O–H groups in total. The van der Waals surface area contributed by atoms with Gasteiger partial charge in [0.1, 0.15) is 5.82 Å². The zero-order chi connectivity index (χ0) is 15.2. The van der Waals surface area contributed by atoms with E-state index in [0.29, 0.717) is 19.0 Å². The van der Waals surface area contributed by atoms with Crippen molar-refractivity contribution in [3.63, 3.8) is 0 Å². The Balaban J connectivity index is 1.81. The standard InChI is InChI=1S/C16H20FNO3/c1-2-21-16(20)15(19)18-9-7-13(8-10-18)11-12-3-5-14(17)6-4-12/h3-6,13H,2,7-11H2,1H3. The molecule has 0 bridgehead atoms. The van der Waals surface area contributed by atoms with Crippen molar-refractivity contribution in [2.45, 2.75) is 26.2 Å².